The molecule has 7 heteroatoms. The summed E-state index contributed by atoms with van der Waals surface area (Å²) in [6.45, 7) is 5.98. The summed E-state index contributed by atoms with van der Waals surface area (Å²) in [6, 6.07) is 17.2. The number of rotatable bonds is 13. The Morgan fingerprint density at radius 3 is 2.50 bits per heavy atom. The fourth-order valence-electron chi connectivity index (χ4n) is 3.65. The van der Waals surface area contributed by atoms with Gasteiger partial charge in [-0.05, 0) is 55.0 Å². The zero-order valence-corrected chi connectivity index (χ0v) is 22.3. The first-order valence-corrected chi connectivity index (χ1v) is 11.4. The number of ketones is 1. The second-order valence-electron chi connectivity index (χ2n) is 8.35. The van der Waals surface area contributed by atoms with E-state index in [0.717, 1.165) is 30.0 Å². The number of carboxylic acid groups (broad SMARTS) is 1. The number of carboxylic acids is 1. The molecule has 1 aromatic heterocycles. The molecule has 6 nitrogen and oxygen atoms in total. The third-order valence-electron chi connectivity index (χ3n) is 5.36. The number of para-hydroxylation sites is 1. The van der Waals surface area contributed by atoms with Gasteiger partial charge in [0.15, 0.2) is 5.78 Å². The molecule has 0 fully saturated rings. The van der Waals surface area contributed by atoms with Crippen molar-refractivity contribution >= 4 is 17.4 Å². The molecular formula is C27H31N2NaO4. The predicted molar refractivity (Wildman–Crippen MR) is 128 cm³/mol. The molecule has 0 unspecified atom stereocenters. The van der Waals surface area contributed by atoms with Crippen molar-refractivity contribution in [1.82, 2.24) is 4.57 Å². The maximum Gasteiger partial charge on any atom is 1.00 e. The first-order chi connectivity index (χ1) is 15.9. The smallest absolute Gasteiger partial charge is 0.550 e. The van der Waals surface area contributed by atoms with Crippen LogP contribution in [-0.2, 0) is 11.3 Å². The maximum absolute atomic E-state index is 13.3. The molecule has 0 aliphatic rings. The van der Waals surface area contributed by atoms with E-state index in [4.69, 9.17) is 4.74 Å². The first kappa shape index (κ1) is 27.7. The van der Waals surface area contributed by atoms with E-state index in [0.29, 0.717) is 30.7 Å². The van der Waals surface area contributed by atoms with Gasteiger partial charge in [0, 0.05) is 48.3 Å². The molecular weight excluding hydrogens is 439 g/mol. The van der Waals surface area contributed by atoms with Gasteiger partial charge in [-0.25, -0.2) is 0 Å². The maximum atomic E-state index is 13.3. The average Bonchev–Trinajstić information content (AvgIpc) is 3.23. The molecule has 34 heavy (non-hydrogen) atoms. The van der Waals surface area contributed by atoms with Crippen LogP contribution >= 0.6 is 0 Å². The SMILES string of the molecule is CC(C)c1cn(CCCC(=O)[O-])cc1C(=O)c1cccc(NCCCOc2ccccc2)c1.[Na+]. The summed E-state index contributed by atoms with van der Waals surface area (Å²) in [5.41, 5.74) is 3.13. The van der Waals surface area contributed by atoms with Crippen molar-refractivity contribution in [3.8, 4) is 5.75 Å². The van der Waals surface area contributed by atoms with Crippen molar-refractivity contribution in [1.29, 1.82) is 0 Å². The van der Waals surface area contributed by atoms with E-state index < -0.39 is 5.97 Å². The van der Waals surface area contributed by atoms with Crippen LogP contribution in [0, 0.1) is 0 Å². The van der Waals surface area contributed by atoms with E-state index in [1.54, 1.807) is 0 Å². The normalized spacial score (nSPS) is 10.6. The zero-order chi connectivity index (χ0) is 23.6. The molecule has 2 aromatic carbocycles. The van der Waals surface area contributed by atoms with Gasteiger partial charge in [-0.15, -0.1) is 0 Å². The van der Waals surface area contributed by atoms with Crippen molar-refractivity contribution in [2.75, 3.05) is 18.5 Å². The summed E-state index contributed by atoms with van der Waals surface area (Å²) in [5, 5.41) is 14.0. The second-order valence-corrected chi connectivity index (χ2v) is 8.35. The Labute approximate surface area is 223 Å². The molecule has 1 N–H and O–H groups in total. The summed E-state index contributed by atoms with van der Waals surface area (Å²) in [4.78, 5) is 24.0. The zero-order valence-electron chi connectivity index (χ0n) is 20.3. The van der Waals surface area contributed by atoms with E-state index >= 15 is 0 Å². The van der Waals surface area contributed by atoms with Crippen molar-refractivity contribution in [3.05, 3.63) is 83.7 Å². The van der Waals surface area contributed by atoms with Crippen molar-refractivity contribution in [3.63, 3.8) is 0 Å². The van der Waals surface area contributed by atoms with E-state index in [1.165, 1.54) is 0 Å². The average molecular weight is 471 g/mol. The van der Waals surface area contributed by atoms with E-state index in [9.17, 15) is 14.7 Å². The molecule has 1 heterocycles. The van der Waals surface area contributed by atoms with Crippen molar-refractivity contribution in [2.24, 2.45) is 0 Å². The molecule has 0 radical (unpaired) electrons. The number of aliphatic carboxylic acids is 1. The van der Waals surface area contributed by atoms with Crippen LogP contribution in [0.4, 0.5) is 5.69 Å². The Morgan fingerprint density at radius 1 is 1.03 bits per heavy atom. The van der Waals surface area contributed by atoms with Gasteiger partial charge in [0.05, 0.1) is 6.61 Å². The Bertz CT molecular complexity index is 1060. The third-order valence-corrected chi connectivity index (χ3v) is 5.36. The van der Waals surface area contributed by atoms with Crippen molar-refractivity contribution < 1.29 is 49.0 Å². The van der Waals surface area contributed by atoms with Crippen LogP contribution in [0.25, 0.3) is 0 Å². The van der Waals surface area contributed by atoms with Gasteiger partial charge < -0.3 is 24.5 Å². The van der Waals surface area contributed by atoms with Crippen LogP contribution in [0.3, 0.4) is 0 Å². The molecule has 0 saturated heterocycles. The minimum Gasteiger partial charge on any atom is -0.550 e. The number of nitrogens with zero attached hydrogens (tertiary/aromatic N) is 1. The molecule has 0 aliphatic heterocycles. The Morgan fingerprint density at radius 2 is 1.79 bits per heavy atom. The Balaban J connectivity index is 0.00000408. The van der Waals surface area contributed by atoms with Gasteiger partial charge in [0.1, 0.15) is 5.75 Å². The van der Waals surface area contributed by atoms with Crippen LogP contribution in [0.15, 0.2) is 67.0 Å². The molecule has 3 rings (SSSR count). The van der Waals surface area contributed by atoms with Crippen LogP contribution in [0.2, 0.25) is 0 Å². The number of ether oxygens (including phenoxy) is 1. The summed E-state index contributed by atoms with van der Waals surface area (Å²) >= 11 is 0. The number of benzene rings is 2. The summed E-state index contributed by atoms with van der Waals surface area (Å²) in [7, 11) is 0. The second kappa shape index (κ2) is 14.0. The fraction of sp³-hybridized carbons (Fsp3) is 0.333. The van der Waals surface area contributed by atoms with Gasteiger partial charge in [-0.1, -0.05) is 44.2 Å². The van der Waals surface area contributed by atoms with Crippen LogP contribution in [0.1, 0.15) is 60.5 Å². The van der Waals surface area contributed by atoms with Crippen LogP contribution < -0.4 is 44.7 Å². The number of hydrogen-bond donors (Lipinski definition) is 1. The minimum atomic E-state index is -1.06. The number of carbonyl (C=O) groups is 2. The van der Waals surface area contributed by atoms with Crippen LogP contribution in [-0.4, -0.2) is 29.5 Å². The number of carbonyl (C=O) groups excluding carboxylic acids is 2. The van der Waals surface area contributed by atoms with Gasteiger partial charge in [-0.3, -0.25) is 4.79 Å². The standard InChI is InChI=1S/C27H32N2O4.Na/c1-20(2)24-18-29(15-7-13-26(30)31)19-25(24)27(32)21-9-6-10-22(17-21)28-14-8-16-33-23-11-4-3-5-12-23;/h3-6,9-12,17-20,28H,7-8,13-16H2,1-2H3,(H,30,31);/q;+1/p-1. The number of nitrogens with one attached hydrogen (secondary N) is 1. The number of aromatic nitrogens is 1. The molecule has 0 amide bonds. The van der Waals surface area contributed by atoms with Gasteiger partial charge >= 0.3 is 29.6 Å². The molecule has 0 atom stereocenters. The van der Waals surface area contributed by atoms with Gasteiger partial charge in [-0.2, -0.15) is 0 Å². The first-order valence-electron chi connectivity index (χ1n) is 11.4. The largest absolute Gasteiger partial charge is 1.00 e. The predicted octanol–water partition coefficient (Wildman–Crippen LogP) is 1.26. The van der Waals surface area contributed by atoms with E-state index in [-0.39, 0.29) is 47.7 Å². The minimum absolute atomic E-state index is 0. The van der Waals surface area contributed by atoms with Crippen LogP contribution in [0.5, 0.6) is 5.75 Å². The molecule has 0 saturated carbocycles. The third kappa shape index (κ3) is 8.35. The Kier molecular flexibility index (Phi) is 11.4. The fourth-order valence-corrected chi connectivity index (χ4v) is 3.65. The van der Waals surface area contributed by atoms with Gasteiger partial charge in [0.25, 0.3) is 0 Å². The topological polar surface area (TPSA) is 83.4 Å². The van der Waals surface area contributed by atoms with E-state index in [1.807, 2.05) is 85.4 Å². The van der Waals surface area contributed by atoms with Crippen molar-refractivity contribution in [2.45, 2.75) is 45.6 Å². The summed E-state index contributed by atoms with van der Waals surface area (Å²) in [5.74, 6) is -0.0539. The molecule has 0 spiro atoms. The molecule has 3 aromatic rings. The number of aryl methyl sites for hydroxylation is 1. The van der Waals surface area contributed by atoms with E-state index in [2.05, 4.69) is 5.32 Å². The Hall–Kier alpha value is -2.54. The number of hydrogen-bond acceptors (Lipinski definition) is 5. The molecule has 0 aliphatic carbocycles. The molecule has 0 bridgehead atoms. The monoisotopic (exact) mass is 470 g/mol. The quantitative estimate of drug-likeness (QED) is 0.231. The summed E-state index contributed by atoms with van der Waals surface area (Å²) in [6.07, 6.45) is 5.08. The summed E-state index contributed by atoms with van der Waals surface area (Å²) < 4.78 is 7.61. The van der Waals surface area contributed by atoms with Gasteiger partial charge in [0.2, 0.25) is 0 Å². The number of anilines is 1. The molecule has 174 valence electrons.